The standard InChI is InChI=1S/C14H13N3O4/c1-8-5-9(6-17-11(8)15-4)16-7-10-12(18)20-14(2,3)21-13(10)19/h5-7,10H,1-3H3. The smallest absolute Gasteiger partial charge is 0.329 e. The molecule has 0 radical (unpaired) electrons. The number of hydrogen-bond acceptors (Lipinski definition) is 6. The Morgan fingerprint density at radius 3 is 2.52 bits per heavy atom. The average molecular weight is 287 g/mol. The zero-order valence-corrected chi connectivity index (χ0v) is 11.8. The van der Waals surface area contributed by atoms with E-state index in [0.717, 1.165) is 6.21 Å². The molecule has 2 heterocycles. The van der Waals surface area contributed by atoms with Gasteiger partial charge in [-0.15, -0.1) is 4.98 Å². The number of ether oxygens (including phenoxy) is 2. The highest BCUT2D eigenvalue weighted by Crippen LogP contribution is 2.24. The van der Waals surface area contributed by atoms with Crippen LogP contribution in [-0.2, 0) is 19.1 Å². The second kappa shape index (κ2) is 5.32. The van der Waals surface area contributed by atoms with Crippen molar-refractivity contribution in [3.63, 3.8) is 0 Å². The third kappa shape index (κ3) is 3.23. The number of carbonyl (C=O) groups is 2. The number of nitrogens with zero attached hydrogens (tertiary/aromatic N) is 3. The number of aromatic nitrogens is 1. The van der Waals surface area contributed by atoms with E-state index < -0.39 is 23.6 Å². The van der Waals surface area contributed by atoms with Crippen LogP contribution in [0.4, 0.5) is 11.5 Å². The number of rotatable bonds is 2. The predicted octanol–water partition coefficient (Wildman–Crippen LogP) is 2.10. The number of aliphatic imine (C=N–C) groups is 1. The van der Waals surface area contributed by atoms with Crippen LogP contribution in [0.5, 0.6) is 0 Å². The molecule has 0 N–H and O–H groups in total. The van der Waals surface area contributed by atoms with Gasteiger partial charge in [-0.3, -0.25) is 14.6 Å². The number of esters is 2. The lowest BCUT2D eigenvalue weighted by molar-refractivity contribution is -0.235. The molecule has 7 heteroatoms. The molecule has 0 atom stereocenters. The van der Waals surface area contributed by atoms with Crippen LogP contribution in [0.2, 0.25) is 0 Å². The van der Waals surface area contributed by atoms with E-state index in [1.54, 1.807) is 13.0 Å². The summed E-state index contributed by atoms with van der Waals surface area (Å²) in [4.78, 5) is 34.7. The van der Waals surface area contributed by atoms with Gasteiger partial charge in [0.15, 0.2) is 5.92 Å². The van der Waals surface area contributed by atoms with E-state index >= 15 is 0 Å². The molecule has 0 amide bonds. The Bertz CT molecular complexity index is 653. The number of cyclic esters (lactones) is 2. The van der Waals surface area contributed by atoms with Crippen molar-refractivity contribution in [3.8, 4) is 0 Å². The molecular formula is C14H13N3O4. The second-order valence-corrected chi connectivity index (χ2v) is 4.94. The molecule has 1 aromatic heterocycles. The van der Waals surface area contributed by atoms with Crippen molar-refractivity contribution in [2.24, 2.45) is 10.9 Å². The fraction of sp³-hybridized carbons (Fsp3) is 0.357. The minimum Gasteiger partial charge on any atom is -0.422 e. The summed E-state index contributed by atoms with van der Waals surface area (Å²) in [5.74, 6) is -3.58. The molecule has 0 saturated carbocycles. The summed E-state index contributed by atoms with van der Waals surface area (Å²) in [5.41, 5.74) is 1.10. The van der Waals surface area contributed by atoms with Crippen molar-refractivity contribution in [2.75, 3.05) is 0 Å². The van der Waals surface area contributed by atoms with Crippen molar-refractivity contribution in [1.29, 1.82) is 0 Å². The number of carbonyl (C=O) groups excluding carboxylic acids is 2. The highest BCUT2D eigenvalue weighted by atomic mass is 16.7. The summed E-state index contributed by atoms with van der Waals surface area (Å²) < 4.78 is 9.95. The fourth-order valence-electron chi connectivity index (χ4n) is 1.75. The second-order valence-electron chi connectivity index (χ2n) is 4.94. The maximum atomic E-state index is 11.7. The molecule has 1 fully saturated rings. The van der Waals surface area contributed by atoms with Crippen LogP contribution in [0, 0.1) is 19.4 Å². The van der Waals surface area contributed by atoms with Crippen LogP contribution in [-0.4, -0.2) is 28.9 Å². The normalized spacial score (nSPS) is 18.2. The molecule has 0 bridgehead atoms. The van der Waals surface area contributed by atoms with Crippen LogP contribution in [0.3, 0.4) is 0 Å². The van der Waals surface area contributed by atoms with Crippen LogP contribution in [0.25, 0.3) is 4.85 Å². The molecule has 0 unspecified atom stereocenters. The maximum absolute atomic E-state index is 11.7. The van der Waals surface area contributed by atoms with E-state index in [0.29, 0.717) is 11.3 Å². The van der Waals surface area contributed by atoms with Gasteiger partial charge in [0.2, 0.25) is 0 Å². The van der Waals surface area contributed by atoms with Crippen molar-refractivity contribution >= 4 is 29.7 Å². The lowest BCUT2D eigenvalue weighted by Crippen LogP contribution is -2.46. The fourth-order valence-corrected chi connectivity index (χ4v) is 1.75. The first-order valence-corrected chi connectivity index (χ1v) is 6.16. The molecule has 1 aliphatic rings. The molecule has 7 nitrogen and oxygen atoms in total. The Labute approximate surface area is 121 Å². The van der Waals surface area contributed by atoms with E-state index in [1.165, 1.54) is 20.0 Å². The zero-order chi connectivity index (χ0) is 15.6. The number of hydrogen-bond donors (Lipinski definition) is 0. The van der Waals surface area contributed by atoms with Gasteiger partial charge in [0.1, 0.15) is 11.9 Å². The highest BCUT2D eigenvalue weighted by molar-refractivity contribution is 6.10. The Morgan fingerprint density at radius 2 is 2.00 bits per heavy atom. The Hall–Kier alpha value is -2.75. The molecule has 2 rings (SSSR count). The van der Waals surface area contributed by atoms with Crippen molar-refractivity contribution in [2.45, 2.75) is 26.6 Å². The van der Waals surface area contributed by atoms with Gasteiger partial charge in [-0.1, -0.05) is 6.57 Å². The van der Waals surface area contributed by atoms with Gasteiger partial charge in [-0.25, -0.2) is 0 Å². The molecular weight excluding hydrogens is 274 g/mol. The SMILES string of the molecule is [C-]#[N+]c1ncc(N=CC2C(=O)OC(C)(C)OC2=O)cc1C. The molecule has 21 heavy (non-hydrogen) atoms. The number of pyridine rings is 1. The van der Waals surface area contributed by atoms with Gasteiger partial charge in [-0.05, 0) is 18.6 Å². The molecule has 1 aromatic rings. The van der Waals surface area contributed by atoms with Crippen LogP contribution < -0.4 is 0 Å². The number of aryl methyl sites for hydroxylation is 1. The monoisotopic (exact) mass is 287 g/mol. The Morgan fingerprint density at radius 1 is 1.38 bits per heavy atom. The molecule has 1 saturated heterocycles. The van der Waals surface area contributed by atoms with Gasteiger partial charge in [0.05, 0.1) is 0 Å². The molecule has 0 aliphatic carbocycles. The van der Waals surface area contributed by atoms with Crippen LogP contribution >= 0.6 is 0 Å². The first kappa shape index (κ1) is 14.7. The quantitative estimate of drug-likeness (QED) is 0.360. The van der Waals surface area contributed by atoms with Crippen LogP contribution in [0.15, 0.2) is 17.3 Å². The van der Waals surface area contributed by atoms with E-state index in [2.05, 4.69) is 14.8 Å². The molecule has 1 aliphatic heterocycles. The Balaban J connectivity index is 2.18. The van der Waals surface area contributed by atoms with Gasteiger partial charge < -0.3 is 14.3 Å². The lowest BCUT2D eigenvalue weighted by atomic mass is 10.1. The van der Waals surface area contributed by atoms with Crippen molar-refractivity contribution < 1.29 is 19.1 Å². The first-order chi connectivity index (χ1) is 9.82. The van der Waals surface area contributed by atoms with E-state index in [1.807, 2.05) is 0 Å². The van der Waals surface area contributed by atoms with E-state index in [4.69, 9.17) is 16.0 Å². The predicted molar refractivity (Wildman–Crippen MR) is 73.1 cm³/mol. The topological polar surface area (TPSA) is 82.2 Å². The summed E-state index contributed by atoms with van der Waals surface area (Å²) in [6.07, 6.45) is 2.55. The molecule has 0 spiro atoms. The van der Waals surface area contributed by atoms with Gasteiger partial charge in [0.25, 0.3) is 11.6 Å². The largest absolute Gasteiger partial charge is 0.422 e. The summed E-state index contributed by atoms with van der Waals surface area (Å²) in [6, 6.07) is 1.64. The van der Waals surface area contributed by atoms with E-state index in [9.17, 15) is 9.59 Å². The highest BCUT2D eigenvalue weighted by Gasteiger charge is 2.42. The van der Waals surface area contributed by atoms with E-state index in [-0.39, 0.29) is 5.82 Å². The summed E-state index contributed by atoms with van der Waals surface area (Å²) >= 11 is 0. The van der Waals surface area contributed by atoms with Gasteiger partial charge >= 0.3 is 11.9 Å². The van der Waals surface area contributed by atoms with Gasteiger partial charge in [0, 0.05) is 20.1 Å². The average Bonchev–Trinajstić information content (AvgIpc) is 2.36. The zero-order valence-electron chi connectivity index (χ0n) is 11.8. The molecule has 0 aromatic carbocycles. The van der Waals surface area contributed by atoms with Crippen molar-refractivity contribution in [1.82, 2.24) is 4.98 Å². The minimum absolute atomic E-state index is 0.284. The van der Waals surface area contributed by atoms with Crippen molar-refractivity contribution in [3.05, 3.63) is 29.2 Å². The summed E-state index contributed by atoms with van der Waals surface area (Å²) in [5, 5.41) is 0. The lowest BCUT2D eigenvalue weighted by Gasteiger charge is -2.31. The van der Waals surface area contributed by atoms with Gasteiger partial charge in [-0.2, -0.15) is 0 Å². The first-order valence-electron chi connectivity index (χ1n) is 6.16. The molecule has 108 valence electrons. The summed E-state index contributed by atoms with van der Waals surface area (Å²) in [6.45, 7) is 11.6. The maximum Gasteiger partial charge on any atom is 0.329 e. The third-order valence-electron chi connectivity index (χ3n) is 2.72. The Kier molecular flexibility index (Phi) is 3.72. The third-order valence-corrected chi connectivity index (χ3v) is 2.72. The van der Waals surface area contributed by atoms with Crippen LogP contribution in [0.1, 0.15) is 19.4 Å². The minimum atomic E-state index is -1.26. The summed E-state index contributed by atoms with van der Waals surface area (Å²) in [7, 11) is 0.